The van der Waals surface area contributed by atoms with Gasteiger partial charge in [0.2, 0.25) is 5.78 Å². The maximum Gasteiger partial charge on any atom is 0.339 e. The lowest BCUT2D eigenvalue weighted by molar-refractivity contribution is 0.0318. The van der Waals surface area contributed by atoms with Crippen LogP contribution >= 0.6 is 23.2 Å². The summed E-state index contributed by atoms with van der Waals surface area (Å²) in [7, 11) is 2.87. The van der Waals surface area contributed by atoms with Gasteiger partial charge >= 0.3 is 5.97 Å². The Morgan fingerprint density at radius 1 is 0.960 bits per heavy atom. The van der Waals surface area contributed by atoms with E-state index in [4.69, 9.17) is 37.4 Å². The highest BCUT2D eigenvalue weighted by Crippen LogP contribution is 2.36. The zero-order valence-corrected chi connectivity index (χ0v) is 15.4. The molecular weight excluding hydrogens is 367 g/mol. The normalized spacial score (nSPS) is 11.6. The van der Waals surface area contributed by atoms with Crippen molar-refractivity contribution in [1.29, 1.82) is 0 Å². The first kappa shape index (κ1) is 19.1. The van der Waals surface area contributed by atoms with Gasteiger partial charge in [-0.05, 0) is 43.3 Å². The Kier molecular flexibility index (Phi) is 6.28. The van der Waals surface area contributed by atoms with Crippen LogP contribution in [0.4, 0.5) is 0 Å². The van der Waals surface area contributed by atoms with Crippen LogP contribution in [-0.4, -0.2) is 32.1 Å². The van der Waals surface area contributed by atoms with E-state index in [1.807, 2.05) is 0 Å². The Bertz CT molecular complexity index is 787. The summed E-state index contributed by atoms with van der Waals surface area (Å²) in [5, 5.41) is 0.714. The number of hydrogen-bond donors (Lipinski definition) is 0. The average Bonchev–Trinajstić information content (AvgIpc) is 2.60. The monoisotopic (exact) mass is 382 g/mol. The van der Waals surface area contributed by atoms with Crippen LogP contribution in [0.5, 0.6) is 11.5 Å². The van der Waals surface area contributed by atoms with E-state index in [-0.39, 0.29) is 16.4 Å². The highest BCUT2D eigenvalue weighted by Gasteiger charge is 2.22. The number of methoxy groups -OCH3 is 2. The highest BCUT2D eigenvalue weighted by molar-refractivity contribution is 6.32. The van der Waals surface area contributed by atoms with Gasteiger partial charge in [0, 0.05) is 10.6 Å². The molecule has 132 valence electrons. The van der Waals surface area contributed by atoms with E-state index in [9.17, 15) is 9.59 Å². The van der Waals surface area contributed by atoms with Crippen molar-refractivity contribution in [3.8, 4) is 11.5 Å². The number of Topliss-reactive ketones (excluding diaryl/α,β-unsaturated/α-hetero) is 1. The van der Waals surface area contributed by atoms with Crippen molar-refractivity contribution in [2.45, 2.75) is 13.0 Å². The Morgan fingerprint density at radius 2 is 1.60 bits per heavy atom. The van der Waals surface area contributed by atoms with Gasteiger partial charge in [-0.1, -0.05) is 23.2 Å². The summed E-state index contributed by atoms with van der Waals surface area (Å²) in [5.74, 6) is -0.432. The smallest absolute Gasteiger partial charge is 0.339 e. The van der Waals surface area contributed by atoms with Crippen LogP contribution in [0.3, 0.4) is 0 Å². The van der Waals surface area contributed by atoms with Crippen molar-refractivity contribution < 1.29 is 23.8 Å². The molecule has 5 nitrogen and oxygen atoms in total. The summed E-state index contributed by atoms with van der Waals surface area (Å²) in [4.78, 5) is 24.6. The summed E-state index contributed by atoms with van der Waals surface area (Å²) in [6.45, 7) is 1.50. The third-order valence-electron chi connectivity index (χ3n) is 3.45. The minimum absolute atomic E-state index is 0.151. The van der Waals surface area contributed by atoms with Gasteiger partial charge in [-0.15, -0.1) is 0 Å². The second-order valence-electron chi connectivity index (χ2n) is 5.11. The summed E-state index contributed by atoms with van der Waals surface area (Å²) >= 11 is 11.9. The van der Waals surface area contributed by atoms with E-state index in [2.05, 4.69) is 0 Å². The molecule has 0 aliphatic carbocycles. The van der Waals surface area contributed by atoms with Gasteiger partial charge in [0.05, 0.1) is 24.8 Å². The summed E-state index contributed by atoms with van der Waals surface area (Å²) < 4.78 is 15.5. The summed E-state index contributed by atoms with van der Waals surface area (Å²) in [5.41, 5.74) is 0.549. The Hall–Kier alpha value is -2.24. The third kappa shape index (κ3) is 4.44. The predicted octanol–water partition coefficient (Wildman–Crippen LogP) is 4.44. The molecule has 0 saturated carbocycles. The van der Waals surface area contributed by atoms with E-state index in [1.165, 1.54) is 33.3 Å². The first-order valence-corrected chi connectivity index (χ1v) is 8.05. The standard InChI is InChI=1S/C18H16Cl2O5/c1-10(16(21)11-4-6-13(19)7-5-11)25-18(22)12-8-14(20)17(24-3)15(9-12)23-2/h4-10H,1-3H3/t10-/m0/s1. The molecule has 0 N–H and O–H groups in total. The van der Waals surface area contributed by atoms with Crippen LogP contribution in [0, 0.1) is 0 Å². The Balaban J connectivity index is 2.17. The second-order valence-corrected chi connectivity index (χ2v) is 5.96. The van der Waals surface area contributed by atoms with E-state index in [0.717, 1.165) is 0 Å². The molecule has 2 aromatic rings. The number of ketones is 1. The van der Waals surface area contributed by atoms with Crippen LogP contribution in [0.1, 0.15) is 27.6 Å². The third-order valence-corrected chi connectivity index (χ3v) is 3.98. The van der Waals surface area contributed by atoms with Crippen molar-refractivity contribution in [1.82, 2.24) is 0 Å². The zero-order chi connectivity index (χ0) is 18.6. The zero-order valence-electron chi connectivity index (χ0n) is 13.8. The van der Waals surface area contributed by atoms with Gasteiger partial charge in [0.15, 0.2) is 17.6 Å². The molecule has 0 radical (unpaired) electrons. The van der Waals surface area contributed by atoms with Crippen molar-refractivity contribution in [3.63, 3.8) is 0 Å². The Morgan fingerprint density at radius 3 is 2.16 bits per heavy atom. The minimum Gasteiger partial charge on any atom is -0.493 e. The van der Waals surface area contributed by atoms with Crippen molar-refractivity contribution in [2.24, 2.45) is 0 Å². The molecule has 0 amide bonds. The molecule has 2 aromatic carbocycles. The van der Waals surface area contributed by atoms with Gasteiger partial charge in [-0.2, -0.15) is 0 Å². The summed E-state index contributed by atoms with van der Waals surface area (Å²) in [6.07, 6.45) is -0.972. The van der Waals surface area contributed by atoms with Crippen molar-refractivity contribution in [2.75, 3.05) is 14.2 Å². The van der Waals surface area contributed by atoms with Crippen molar-refractivity contribution in [3.05, 3.63) is 57.6 Å². The molecule has 25 heavy (non-hydrogen) atoms. The van der Waals surface area contributed by atoms with Gasteiger partial charge < -0.3 is 14.2 Å². The van der Waals surface area contributed by atoms with E-state index < -0.39 is 12.1 Å². The van der Waals surface area contributed by atoms with E-state index in [0.29, 0.717) is 22.1 Å². The van der Waals surface area contributed by atoms with Gasteiger partial charge in [0.1, 0.15) is 0 Å². The number of benzene rings is 2. The van der Waals surface area contributed by atoms with E-state index in [1.54, 1.807) is 24.3 Å². The van der Waals surface area contributed by atoms with Gasteiger partial charge in [-0.25, -0.2) is 4.79 Å². The molecule has 0 aliphatic rings. The molecule has 1 atom stereocenters. The molecule has 0 unspecified atom stereocenters. The Labute approximate surface area is 155 Å². The second kappa shape index (κ2) is 8.23. The molecule has 0 heterocycles. The molecule has 0 spiro atoms. The first-order valence-electron chi connectivity index (χ1n) is 7.29. The predicted molar refractivity (Wildman–Crippen MR) is 95.2 cm³/mol. The average molecular weight is 383 g/mol. The van der Waals surface area contributed by atoms with Crippen LogP contribution in [0.25, 0.3) is 0 Å². The molecule has 7 heteroatoms. The lowest BCUT2D eigenvalue weighted by atomic mass is 10.1. The number of carbonyl (C=O) groups is 2. The molecule has 2 rings (SSSR count). The first-order chi connectivity index (χ1) is 11.9. The maximum absolute atomic E-state index is 12.3. The lowest BCUT2D eigenvalue weighted by Crippen LogP contribution is -2.24. The molecule has 0 aliphatic heterocycles. The number of carbonyl (C=O) groups excluding carboxylic acids is 2. The molecule has 0 aromatic heterocycles. The fraction of sp³-hybridized carbons (Fsp3) is 0.222. The topological polar surface area (TPSA) is 61.8 Å². The van der Waals surface area contributed by atoms with Crippen LogP contribution < -0.4 is 9.47 Å². The van der Waals surface area contributed by atoms with Crippen molar-refractivity contribution >= 4 is 35.0 Å². The van der Waals surface area contributed by atoms with Gasteiger partial charge in [0.25, 0.3) is 0 Å². The lowest BCUT2D eigenvalue weighted by Gasteiger charge is -2.14. The largest absolute Gasteiger partial charge is 0.493 e. The number of hydrogen-bond acceptors (Lipinski definition) is 5. The number of ether oxygens (including phenoxy) is 3. The SMILES string of the molecule is COc1cc(C(=O)O[C@@H](C)C(=O)c2ccc(Cl)cc2)cc(Cl)c1OC. The fourth-order valence-electron chi connectivity index (χ4n) is 2.17. The number of esters is 1. The number of halogens is 2. The van der Waals surface area contributed by atoms with Crippen LogP contribution in [-0.2, 0) is 4.74 Å². The molecule has 0 bridgehead atoms. The van der Waals surface area contributed by atoms with Crippen LogP contribution in [0.15, 0.2) is 36.4 Å². The quantitative estimate of drug-likeness (QED) is 0.545. The van der Waals surface area contributed by atoms with E-state index >= 15 is 0 Å². The summed E-state index contributed by atoms with van der Waals surface area (Å²) in [6, 6.07) is 9.16. The van der Waals surface area contributed by atoms with Gasteiger partial charge in [-0.3, -0.25) is 4.79 Å². The molecule has 0 fully saturated rings. The minimum atomic E-state index is -0.972. The maximum atomic E-state index is 12.3. The molecular formula is C18H16Cl2O5. The fourth-order valence-corrected chi connectivity index (χ4v) is 2.58. The number of rotatable bonds is 6. The highest BCUT2D eigenvalue weighted by atomic mass is 35.5. The van der Waals surface area contributed by atoms with Crippen LogP contribution in [0.2, 0.25) is 10.0 Å². The molecule has 0 saturated heterocycles.